The van der Waals surface area contributed by atoms with Gasteiger partial charge in [-0.15, -0.1) is 0 Å². The van der Waals surface area contributed by atoms with E-state index in [1.807, 2.05) is 0 Å². The van der Waals surface area contributed by atoms with Crippen molar-refractivity contribution in [1.82, 2.24) is 10.6 Å². The van der Waals surface area contributed by atoms with Crippen LogP contribution in [0.4, 0.5) is 0 Å². The predicted molar refractivity (Wildman–Crippen MR) is 105 cm³/mol. The van der Waals surface area contributed by atoms with Crippen LogP contribution in [0.2, 0.25) is 0 Å². The highest BCUT2D eigenvalue weighted by molar-refractivity contribution is 5.95. The second-order valence-electron chi connectivity index (χ2n) is 7.24. The van der Waals surface area contributed by atoms with E-state index in [-0.39, 0.29) is 57.9 Å². The van der Waals surface area contributed by atoms with Crippen LogP contribution >= 0.6 is 0 Å². The second-order valence-corrected chi connectivity index (χ2v) is 7.24. The summed E-state index contributed by atoms with van der Waals surface area (Å²) in [5, 5.41) is 43.6. The van der Waals surface area contributed by atoms with Gasteiger partial charge in [0, 0.05) is 23.7 Å². The van der Waals surface area contributed by atoms with E-state index >= 15 is 0 Å². The quantitative estimate of drug-likeness (QED) is 0.426. The van der Waals surface area contributed by atoms with Crippen LogP contribution in [0, 0.1) is 5.92 Å². The van der Waals surface area contributed by atoms with Crippen LogP contribution in [0.15, 0.2) is 36.4 Å². The van der Waals surface area contributed by atoms with Crippen LogP contribution in [0.3, 0.4) is 0 Å². The molecule has 0 saturated heterocycles. The highest BCUT2D eigenvalue weighted by Crippen LogP contribution is 2.28. The molecule has 29 heavy (non-hydrogen) atoms. The van der Waals surface area contributed by atoms with Crippen molar-refractivity contribution < 1.29 is 30.0 Å². The van der Waals surface area contributed by atoms with Gasteiger partial charge in [-0.3, -0.25) is 9.59 Å². The van der Waals surface area contributed by atoms with E-state index in [9.17, 15) is 30.0 Å². The summed E-state index contributed by atoms with van der Waals surface area (Å²) in [6, 6.07) is 7.63. The maximum Gasteiger partial charge on any atom is 0.251 e. The van der Waals surface area contributed by atoms with Gasteiger partial charge in [0.2, 0.25) is 0 Å². The van der Waals surface area contributed by atoms with Gasteiger partial charge in [0.05, 0.1) is 0 Å². The van der Waals surface area contributed by atoms with Crippen LogP contribution < -0.4 is 10.6 Å². The van der Waals surface area contributed by atoms with Crippen LogP contribution in [-0.4, -0.2) is 44.8 Å². The molecule has 1 unspecified atom stereocenters. The summed E-state index contributed by atoms with van der Waals surface area (Å²) in [4.78, 5) is 24.8. The van der Waals surface area contributed by atoms with E-state index in [0.717, 1.165) is 25.7 Å². The Balaban J connectivity index is 1.61. The van der Waals surface area contributed by atoms with E-state index in [4.69, 9.17) is 0 Å². The van der Waals surface area contributed by atoms with E-state index in [2.05, 4.69) is 10.6 Å². The number of hydrogen-bond donors (Lipinski definition) is 6. The fourth-order valence-corrected chi connectivity index (χ4v) is 3.55. The SMILES string of the molecule is O=C(NC[C@@H]1CCCCC1NC(=O)c1ccc(O)c(O)c1)c1ccc(O)c(O)c1. The molecule has 8 heteroatoms. The molecule has 1 saturated carbocycles. The number of carbonyl (C=O) groups is 2. The van der Waals surface area contributed by atoms with Gasteiger partial charge in [-0.1, -0.05) is 12.8 Å². The van der Waals surface area contributed by atoms with Gasteiger partial charge in [-0.05, 0) is 55.2 Å². The molecule has 2 aromatic rings. The molecular formula is C21H24N2O6. The minimum atomic E-state index is -0.376. The van der Waals surface area contributed by atoms with E-state index in [0.29, 0.717) is 6.54 Å². The van der Waals surface area contributed by atoms with Crippen LogP contribution in [0.1, 0.15) is 46.4 Å². The number of aromatic hydroxyl groups is 4. The highest BCUT2D eigenvalue weighted by Gasteiger charge is 2.27. The third kappa shape index (κ3) is 4.90. The zero-order valence-electron chi connectivity index (χ0n) is 15.8. The molecule has 0 aromatic heterocycles. The molecule has 0 spiro atoms. The molecule has 154 valence electrons. The second kappa shape index (κ2) is 8.72. The zero-order valence-corrected chi connectivity index (χ0v) is 15.8. The Morgan fingerprint density at radius 2 is 1.34 bits per heavy atom. The van der Waals surface area contributed by atoms with E-state index in [1.165, 1.54) is 36.4 Å². The van der Waals surface area contributed by atoms with Crippen molar-refractivity contribution in [1.29, 1.82) is 0 Å². The lowest BCUT2D eigenvalue weighted by Gasteiger charge is -2.32. The first-order valence-corrected chi connectivity index (χ1v) is 9.48. The first kappa shape index (κ1) is 20.3. The van der Waals surface area contributed by atoms with Crippen LogP contribution in [-0.2, 0) is 0 Å². The largest absolute Gasteiger partial charge is 0.504 e. The number of amides is 2. The molecule has 8 nitrogen and oxygen atoms in total. The molecule has 1 aliphatic rings. The summed E-state index contributed by atoms with van der Waals surface area (Å²) in [5.41, 5.74) is 0.476. The standard InChI is InChI=1S/C21H24N2O6/c24-16-7-5-12(9-18(16)26)20(28)22-11-14-3-1-2-4-15(14)23-21(29)13-6-8-17(25)19(27)10-13/h5-10,14-15,24-27H,1-4,11H2,(H,22,28)(H,23,29)/t14-,15?/m0/s1. The van der Waals surface area contributed by atoms with Crippen molar-refractivity contribution in [3.05, 3.63) is 47.5 Å². The topological polar surface area (TPSA) is 139 Å². The van der Waals surface area contributed by atoms with Crippen molar-refractivity contribution in [2.75, 3.05) is 6.54 Å². The van der Waals surface area contributed by atoms with Crippen molar-refractivity contribution >= 4 is 11.8 Å². The molecule has 2 amide bonds. The van der Waals surface area contributed by atoms with Gasteiger partial charge < -0.3 is 31.1 Å². The van der Waals surface area contributed by atoms with Gasteiger partial charge in [-0.2, -0.15) is 0 Å². The minimum Gasteiger partial charge on any atom is -0.504 e. The molecule has 3 rings (SSSR count). The van der Waals surface area contributed by atoms with Crippen molar-refractivity contribution in [2.24, 2.45) is 5.92 Å². The summed E-state index contributed by atoms with van der Waals surface area (Å²) in [6.07, 6.45) is 3.57. The molecule has 6 N–H and O–H groups in total. The van der Waals surface area contributed by atoms with Gasteiger partial charge in [0.1, 0.15) is 0 Å². The van der Waals surface area contributed by atoms with Gasteiger partial charge in [0.15, 0.2) is 23.0 Å². The van der Waals surface area contributed by atoms with Crippen molar-refractivity contribution in [2.45, 2.75) is 31.7 Å². The van der Waals surface area contributed by atoms with Gasteiger partial charge in [-0.25, -0.2) is 0 Å². The Morgan fingerprint density at radius 1 is 0.793 bits per heavy atom. The first-order chi connectivity index (χ1) is 13.8. The number of carbonyl (C=O) groups excluding carboxylic acids is 2. The number of benzene rings is 2. The third-order valence-corrected chi connectivity index (χ3v) is 5.23. The normalized spacial score (nSPS) is 18.8. The third-order valence-electron chi connectivity index (χ3n) is 5.23. The number of nitrogens with one attached hydrogen (secondary N) is 2. The summed E-state index contributed by atoms with van der Waals surface area (Å²) < 4.78 is 0. The Kier molecular flexibility index (Phi) is 6.11. The maximum atomic E-state index is 12.5. The zero-order chi connectivity index (χ0) is 21.0. The Morgan fingerprint density at radius 3 is 1.93 bits per heavy atom. The maximum absolute atomic E-state index is 12.5. The highest BCUT2D eigenvalue weighted by atomic mass is 16.3. The smallest absolute Gasteiger partial charge is 0.251 e. The molecule has 0 bridgehead atoms. The summed E-state index contributed by atoms with van der Waals surface area (Å²) >= 11 is 0. The van der Waals surface area contributed by atoms with E-state index < -0.39 is 0 Å². The van der Waals surface area contributed by atoms with Gasteiger partial charge in [0.25, 0.3) is 11.8 Å². The van der Waals surface area contributed by atoms with Crippen LogP contribution in [0.25, 0.3) is 0 Å². The predicted octanol–water partition coefficient (Wildman–Crippen LogP) is 2.23. The number of phenols is 4. The average Bonchev–Trinajstić information content (AvgIpc) is 2.71. The molecule has 1 aliphatic carbocycles. The molecular weight excluding hydrogens is 376 g/mol. The molecule has 0 radical (unpaired) electrons. The summed E-state index contributed by atoms with van der Waals surface area (Å²) in [7, 11) is 0. The Bertz CT molecular complexity index is 914. The molecule has 0 aliphatic heterocycles. The lowest BCUT2D eigenvalue weighted by atomic mass is 9.84. The van der Waals surface area contributed by atoms with E-state index in [1.54, 1.807) is 0 Å². The average molecular weight is 400 g/mol. The number of hydrogen-bond acceptors (Lipinski definition) is 6. The number of rotatable bonds is 5. The minimum absolute atomic E-state index is 0.0353. The molecule has 0 heterocycles. The molecule has 2 atom stereocenters. The van der Waals surface area contributed by atoms with Crippen molar-refractivity contribution in [3.8, 4) is 23.0 Å². The fourth-order valence-electron chi connectivity index (χ4n) is 3.55. The lowest BCUT2D eigenvalue weighted by Crippen LogP contribution is -2.46. The lowest BCUT2D eigenvalue weighted by molar-refractivity contribution is 0.0895. The summed E-state index contributed by atoms with van der Waals surface area (Å²) in [5.74, 6) is -2.00. The number of phenolic OH excluding ortho intramolecular Hbond substituents is 4. The van der Waals surface area contributed by atoms with Crippen molar-refractivity contribution in [3.63, 3.8) is 0 Å². The Hall–Kier alpha value is -3.42. The summed E-state index contributed by atoms with van der Waals surface area (Å²) in [6.45, 7) is 0.353. The monoisotopic (exact) mass is 400 g/mol. The molecule has 2 aromatic carbocycles. The Labute approximate surface area is 167 Å². The fraction of sp³-hybridized carbons (Fsp3) is 0.333. The first-order valence-electron chi connectivity index (χ1n) is 9.48. The van der Waals surface area contributed by atoms with Gasteiger partial charge >= 0.3 is 0 Å². The van der Waals surface area contributed by atoms with Crippen LogP contribution in [0.5, 0.6) is 23.0 Å². The molecule has 1 fully saturated rings.